The number of carbonyl (C=O) groups is 1. The maximum atomic E-state index is 12.2. The predicted octanol–water partition coefficient (Wildman–Crippen LogP) is 0.393. The fourth-order valence-electron chi connectivity index (χ4n) is 1.52. The Kier molecular flexibility index (Phi) is 4.08. The van der Waals surface area contributed by atoms with Crippen LogP contribution < -0.4 is 11.1 Å². The van der Waals surface area contributed by atoms with Crippen LogP contribution in [-0.4, -0.2) is 38.7 Å². The Morgan fingerprint density at radius 2 is 2.37 bits per heavy atom. The van der Waals surface area contributed by atoms with Crippen LogP contribution in [0.5, 0.6) is 0 Å². The van der Waals surface area contributed by atoms with Gasteiger partial charge in [-0.2, -0.15) is 4.68 Å². The highest BCUT2D eigenvalue weighted by atomic mass is 35.5. The molecule has 0 bridgehead atoms. The number of rotatable bonds is 4. The summed E-state index contributed by atoms with van der Waals surface area (Å²) < 4.78 is 1.40. The lowest BCUT2D eigenvalue weighted by Crippen LogP contribution is -2.38. The highest BCUT2D eigenvalue weighted by Gasteiger charge is 2.15. The third kappa shape index (κ3) is 3.07. The van der Waals surface area contributed by atoms with Gasteiger partial charge in [0.25, 0.3) is 5.91 Å². The molecule has 19 heavy (non-hydrogen) atoms. The van der Waals surface area contributed by atoms with E-state index in [-0.39, 0.29) is 11.9 Å². The van der Waals surface area contributed by atoms with Crippen LogP contribution in [-0.2, 0) is 0 Å². The minimum Gasteiger partial charge on any atom is -0.348 e. The second kappa shape index (κ2) is 5.77. The van der Waals surface area contributed by atoms with E-state index in [9.17, 15) is 4.79 Å². The van der Waals surface area contributed by atoms with Gasteiger partial charge in [0.1, 0.15) is 6.33 Å². The SMILES string of the molecule is C[C@@H](CN)NC(=O)c1cc(Cl)ccc1-n1cnnn1. The van der Waals surface area contributed by atoms with Crippen LogP contribution in [0.4, 0.5) is 0 Å². The van der Waals surface area contributed by atoms with Crippen molar-refractivity contribution in [2.24, 2.45) is 5.73 Å². The summed E-state index contributed by atoms with van der Waals surface area (Å²) in [5.74, 6) is -0.272. The largest absolute Gasteiger partial charge is 0.348 e. The molecular formula is C11H13ClN6O. The van der Waals surface area contributed by atoms with Gasteiger partial charge >= 0.3 is 0 Å². The van der Waals surface area contributed by atoms with Crippen LogP contribution in [0.15, 0.2) is 24.5 Å². The molecule has 0 unspecified atom stereocenters. The Balaban J connectivity index is 2.38. The molecule has 1 atom stereocenters. The molecule has 1 aromatic carbocycles. The van der Waals surface area contributed by atoms with Crippen LogP contribution in [0, 0.1) is 0 Å². The molecule has 1 heterocycles. The van der Waals surface area contributed by atoms with Crippen molar-refractivity contribution in [3.05, 3.63) is 35.1 Å². The molecule has 0 saturated carbocycles. The second-order valence-corrected chi connectivity index (χ2v) is 4.46. The Hall–Kier alpha value is -1.99. The molecule has 0 saturated heterocycles. The lowest BCUT2D eigenvalue weighted by molar-refractivity contribution is 0.0941. The number of carbonyl (C=O) groups excluding carboxylic acids is 1. The smallest absolute Gasteiger partial charge is 0.253 e. The van der Waals surface area contributed by atoms with Gasteiger partial charge in [-0.15, -0.1) is 5.10 Å². The van der Waals surface area contributed by atoms with Crippen LogP contribution in [0.1, 0.15) is 17.3 Å². The zero-order valence-corrected chi connectivity index (χ0v) is 11.0. The summed E-state index contributed by atoms with van der Waals surface area (Å²) in [5.41, 5.74) is 6.42. The third-order valence-corrected chi connectivity index (χ3v) is 2.77. The van der Waals surface area contributed by atoms with Crippen LogP contribution in [0.2, 0.25) is 5.02 Å². The van der Waals surface area contributed by atoms with E-state index in [2.05, 4.69) is 20.8 Å². The Labute approximate surface area is 114 Å². The number of hydrogen-bond donors (Lipinski definition) is 2. The van der Waals surface area contributed by atoms with E-state index in [4.69, 9.17) is 17.3 Å². The van der Waals surface area contributed by atoms with Crippen molar-refractivity contribution in [1.29, 1.82) is 0 Å². The number of hydrogen-bond acceptors (Lipinski definition) is 5. The monoisotopic (exact) mass is 280 g/mol. The zero-order chi connectivity index (χ0) is 13.8. The fraction of sp³-hybridized carbons (Fsp3) is 0.273. The highest BCUT2D eigenvalue weighted by molar-refractivity contribution is 6.31. The summed E-state index contributed by atoms with van der Waals surface area (Å²) in [6.45, 7) is 2.17. The van der Waals surface area contributed by atoms with Gasteiger partial charge in [0, 0.05) is 17.6 Å². The standard InChI is InChI=1S/C11H13ClN6O/c1-7(5-13)15-11(19)9-4-8(12)2-3-10(9)18-6-14-16-17-18/h2-4,6-7H,5,13H2,1H3,(H,15,19)/t7-/m0/s1. The molecule has 0 aliphatic carbocycles. The molecule has 0 aliphatic heterocycles. The van der Waals surface area contributed by atoms with Crippen molar-refractivity contribution in [1.82, 2.24) is 25.5 Å². The first kappa shape index (κ1) is 13.4. The molecule has 8 heteroatoms. The van der Waals surface area contributed by atoms with Gasteiger partial charge < -0.3 is 11.1 Å². The number of tetrazole rings is 1. The van der Waals surface area contributed by atoms with Crippen molar-refractivity contribution in [3.63, 3.8) is 0 Å². The van der Waals surface area contributed by atoms with Crippen molar-refractivity contribution in [2.75, 3.05) is 6.54 Å². The summed E-state index contributed by atoms with van der Waals surface area (Å²) in [6, 6.07) is 4.78. The van der Waals surface area contributed by atoms with Gasteiger partial charge in [0.15, 0.2) is 0 Å². The Bertz CT molecular complexity index is 571. The maximum absolute atomic E-state index is 12.2. The lowest BCUT2D eigenvalue weighted by atomic mass is 10.1. The molecule has 0 radical (unpaired) electrons. The molecule has 7 nitrogen and oxygen atoms in total. The first-order valence-corrected chi connectivity index (χ1v) is 6.03. The number of halogens is 1. The molecule has 2 aromatic rings. The highest BCUT2D eigenvalue weighted by Crippen LogP contribution is 2.19. The molecule has 1 aromatic heterocycles. The number of benzene rings is 1. The number of nitrogens with zero attached hydrogens (tertiary/aromatic N) is 4. The van der Waals surface area contributed by atoms with Gasteiger partial charge in [0.05, 0.1) is 11.3 Å². The van der Waals surface area contributed by atoms with E-state index >= 15 is 0 Å². The van der Waals surface area contributed by atoms with E-state index < -0.39 is 0 Å². The van der Waals surface area contributed by atoms with Crippen LogP contribution in [0.3, 0.4) is 0 Å². The molecule has 0 fully saturated rings. The summed E-state index contributed by atoms with van der Waals surface area (Å²) in [4.78, 5) is 12.2. The summed E-state index contributed by atoms with van der Waals surface area (Å²) in [7, 11) is 0. The van der Waals surface area contributed by atoms with Crippen molar-refractivity contribution in [2.45, 2.75) is 13.0 Å². The van der Waals surface area contributed by atoms with Crippen molar-refractivity contribution < 1.29 is 4.79 Å². The minimum atomic E-state index is -0.272. The Morgan fingerprint density at radius 1 is 1.58 bits per heavy atom. The van der Waals surface area contributed by atoms with Gasteiger partial charge in [-0.05, 0) is 35.5 Å². The number of aromatic nitrogens is 4. The molecule has 0 aliphatic rings. The van der Waals surface area contributed by atoms with Gasteiger partial charge in [0.2, 0.25) is 0 Å². The normalized spacial score (nSPS) is 12.2. The minimum absolute atomic E-state index is 0.131. The molecule has 3 N–H and O–H groups in total. The molecular weight excluding hydrogens is 268 g/mol. The maximum Gasteiger partial charge on any atom is 0.253 e. The molecule has 0 spiro atoms. The van der Waals surface area contributed by atoms with E-state index in [1.165, 1.54) is 11.0 Å². The first-order valence-electron chi connectivity index (χ1n) is 5.65. The number of nitrogens with two attached hydrogens (primary N) is 1. The average molecular weight is 281 g/mol. The Morgan fingerprint density at radius 3 is 3.00 bits per heavy atom. The summed E-state index contributed by atoms with van der Waals surface area (Å²) in [5, 5.41) is 14.1. The van der Waals surface area contributed by atoms with Crippen LogP contribution in [0.25, 0.3) is 5.69 Å². The fourth-order valence-corrected chi connectivity index (χ4v) is 1.69. The van der Waals surface area contributed by atoms with E-state index in [0.29, 0.717) is 22.8 Å². The third-order valence-electron chi connectivity index (χ3n) is 2.53. The average Bonchev–Trinajstić information content (AvgIpc) is 2.92. The topological polar surface area (TPSA) is 98.7 Å². The van der Waals surface area contributed by atoms with Crippen molar-refractivity contribution in [3.8, 4) is 5.69 Å². The number of amides is 1. The molecule has 2 rings (SSSR count). The van der Waals surface area contributed by atoms with Gasteiger partial charge in [-0.3, -0.25) is 4.79 Å². The number of nitrogens with one attached hydrogen (secondary N) is 1. The van der Waals surface area contributed by atoms with E-state index in [0.717, 1.165) is 0 Å². The van der Waals surface area contributed by atoms with E-state index in [1.807, 2.05) is 6.92 Å². The second-order valence-electron chi connectivity index (χ2n) is 4.03. The van der Waals surface area contributed by atoms with Crippen LogP contribution >= 0.6 is 11.6 Å². The van der Waals surface area contributed by atoms with Gasteiger partial charge in [-0.1, -0.05) is 11.6 Å². The predicted molar refractivity (Wildman–Crippen MR) is 70.1 cm³/mol. The lowest BCUT2D eigenvalue weighted by Gasteiger charge is -2.13. The quantitative estimate of drug-likeness (QED) is 0.844. The molecule has 100 valence electrons. The van der Waals surface area contributed by atoms with E-state index in [1.54, 1.807) is 18.2 Å². The van der Waals surface area contributed by atoms with Crippen molar-refractivity contribution >= 4 is 17.5 Å². The summed E-state index contributed by atoms with van der Waals surface area (Å²) >= 11 is 5.93. The molecule has 1 amide bonds. The first-order chi connectivity index (χ1) is 9.11. The zero-order valence-electron chi connectivity index (χ0n) is 10.2. The van der Waals surface area contributed by atoms with Gasteiger partial charge in [-0.25, -0.2) is 0 Å². The summed E-state index contributed by atoms with van der Waals surface area (Å²) in [6.07, 6.45) is 1.41.